The van der Waals surface area contributed by atoms with Crippen molar-refractivity contribution in [1.82, 2.24) is 0 Å². The molecule has 0 aliphatic carbocycles. The predicted molar refractivity (Wildman–Crippen MR) is 79.1 cm³/mol. The largest absolute Gasteiger partial charge is 0.394 e. The standard InChI is InChI=1S/C14H20N2OS/c1-9-3-4-11(14(15)18)12(7-9)16-6-5-10(2)13(16)8-17/h3-4,7,10,13,17H,5-6,8H2,1-2H3,(H2,15,18). The summed E-state index contributed by atoms with van der Waals surface area (Å²) in [6.45, 7) is 5.36. The van der Waals surface area contributed by atoms with Crippen LogP contribution in [-0.4, -0.2) is 29.3 Å². The molecule has 2 atom stereocenters. The fourth-order valence-corrected chi connectivity index (χ4v) is 2.85. The van der Waals surface area contributed by atoms with Crippen LogP contribution in [0.4, 0.5) is 5.69 Å². The Morgan fingerprint density at radius 2 is 2.28 bits per heavy atom. The SMILES string of the molecule is Cc1ccc(C(N)=S)c(N2CCC(C)C2CO)c1. The molecule has 1 aromatic rings. The van der Waals surface area contributed by atoms with Crippen molar-refractivity contribution in [3.05, 3.63) is 29.3 Å². The van der Waals surface area contributed by atoms with Crippen molar-refractivity contribution in [2.75, 3.05) is 18.1 Å². The fraction of sp³-hybridized carbons (Fsp3) is 0.500. The van der Waals surface area contributed by atoms with Crippen molar-refractivity contribution in [1.29, 1.82) is 0 Å². The maximum Gasteiger partial charge on any atom is 0.106 e. The van der Waals surface area contributed by atoms with Gasteiger partial charge in [0.05, 0.1) is 12.6 Å². The lowest BCUT2D eigenvalue weighted by molar-refractivity contribution is 0.244. The van der Waals surface area contributed by atoms with Gasteiger partial charge in [-0.15, -0.1) is 0 Å². The molecular formula is C14H20N2OS. The van der Waals surface area contributed by atoms with Crippen LogP contribution in [0.5, 0.6) is 0 Å². The van der Waals surface area contributed by atoms with E-state index in [1.165, 1.54) is 5.56 Å². The molecule has 1 aliphatic heterocycles. The first kappa shape index (κ1) is 13.3. The van der Waals surface area contributed by atoms with E-state index in [9.17, 15) is 5.11 Å². The van der Waals surface area contributed by atoms with Crippen molar-refractivity contribution < 1.29 is 5.11 Å². The van der Waals surface area contributed by atoms with E-state index in [0.29, 0.717) is 10.9 Å². The Hall–Kier alpha value is -1.13. The molecule has 4 heteroatoms. The number of anilines is 1. The van der Waals surface area contributed by atoms with Crippen molar-refractivity contribution in [3.63, 3.8) is 0 Å². The van der Waals surface area contributed by atoms with Crippen LogP contribution in [0.25, 0.3) is 0 Å². The molecule has 1 aromatic carbocycles. The van der Waals surface area contributed by atoms with E-state index in [4.69, 9.17) is 18.0 Å². The molecule has 2 rings (SSSR count). The minimum Gasteiger partial charge on any atom is -0.394 e. The number of aliphatic hydroxyl groups is 1. The molecule has 1 aliphatic rings. The van der Waals surface area contributed by atoms with Gasteiger partial charge in [-0.1, -0.05) is 25.2 Å². The quantitative estimate of drug-likeness (QED) is 0.818. The zero-order chi connectivity index (χ0) is 13.3. The molecule has 0 saturated carbocycles. The first-order chi connectivity index (χ1) is 8.54. The first-order valence-electron chi connectivity index (χ1n) is 6.32. The molecule has 18 heavy (non-hydrogen) atoms. The van der Waals surface area contributed by atoms with Gasteiger partial charge in [0.2, 0.25) is 0 Å². The summed E-state index contributed by atoms with van der Waals surface area (Å²) in [4.78, 5) is 2.66. The molecule has 0 amide bonds. The Balaban J connectivity index is 2.43. The van der Waals surface area contributed by atoms with Gasteiger partial charge in [-0.25, -0.2) is 0 Å². The van der Waals surface area contributed by atoms with Crippen molar-refractivity contribution in [2.24, 2.45) is 11.7 Å². The summed E-state index contributed by atoms with van der Waals surface area (Å²) >= 11 is 5.12. The zero-order valence-electron chi connectivity index (χ0n) is 10.9. The van der Waals surface area contributed by atoms with Gasteiger partial charge in [0.25, 0.3) is 0 Å². The second kappa shape index (κ2) is 5.24. The van der Waals surface area contributed by atoms with Gasteiger partial charge >= 0.3 is 0 Å². The maximum absolute atomic E-state index is 9.56. The summed E-state index contributed by atoms with van der Waals surface area (Å²) < 4.78 is 0. The minimum atomic E-state index is 0.167. The molecule has 2 unspecified atom stereocenters. The average molecular weight is 264 g/mol. The third-order valence-electron chi connectivity index (χ3n) is 3.80. The van der Waals surface area contributed by atoms with Crippen LogP contribution in [0.15, 0.2) is 18.2 Å². The molecule has 1 saturated heterocycles. The Morgan fingerprint density at radius 3 is 2.89 bits per heavy atom. The van der Waals surface area contributed by atoms with E-state index in [2.05, 4.69) is 24.8 Å². The molecular weight excluding hydrogens is 244 g/mol. The second-order valence-electron chi connectivity index (χ2n) is 5.09. The van der Waals surface area contributed by atoms with Gasteiger partial charge in [0.15, 0.2) is 0 Å². The molecule has 0 spiro atoms. The van der Waals surface area contributed by atoms with E-state index < -0.39 is 0 Å². The minimum absolute atomic E-state index is 0.167. The molecule has 3 nitrogen and oxygen atoms in total. The molecule has 1 fully saturated rings. The normalized spacial score (nSPS) is 23.4. The number of benzene rings is 1. The highest BCUT2D eigenvalue weighted by Gasteiger charge is 2.32. The van der Waals surface area contributed by atoms with Crippen molar-refractivity contribution in [2.45, 2.75) is 26.3 Å². The van der Waals surface area contributed by atoms with Gasteiger partial charge < -0.3 is 15.7 Å². The molecule has 1 heterocycles. The Morgan fingerprint density at radius 1 is 1.56 bits per heavy atom. The van der Waals surface area contributed by atoms with Crippen molar-refractivity contribution >= 4 is 22.9 Å². The van der Waals surface area contributed by atoms with E-state index >= 15 is 0 Å². The lowest BCUT2D eigenvalue weighted by Crippen LogP contribution is -2.36. The van der Waals surface area contributed by atoms with Gasteiger partial charge in [0.1, 0.15) is 4.99 Å². The third-order valence-corrected chi connectivity index (χ3v) is 4.02. The molecule has 3 N–H and O–H groups in total. The molecule has 0 aromatic heterocycles. The lowest BCUT2D eigenvalue weighted by atomic mass is 10.0. The monoisotopic (exact) mass is 264 g/mol. The van der Waals surface area contributed by atoms with Crippen LogP contribution in [-0.2, 0) is 0 Å². The number of aliphatic hydroxyl groups excluding tert-OH is 1. The van der Waals surface area contributed by atoms with Crippen LogP contribution in [0.3, 0.4) is 0 Å². The number of hydrogen-bond donors (Lipinski definition) is 2. The summed E-state index contributed by atoms with van der Waals surface area (Å²) in [5.74, 6) is 0.495. The zero-order valence-corrected chi connectivity index (χ0v) is 11.7. The topological polar surface area (TPSA) is 49.5 Å². The summed E-state index contributed by atoms with van der Waals surface area (Å²) in [5.41, 5.74) is 8.94. The van der Waals surface area contributed by atoms with Gasteiger partial charge in [-0.2, -0.15) is 0 Å². The summed E-state index contributed by atoms with van der Waals surface area (Å²) in [6, 6.07) is 6.27. The van der Waals surface area contributed by atoms with E-state index in [-0.39, 0.29) is 12.6 Å². The number of thiocarbonyl (C=S) groups is 1. The number of rotatable bonds is 3. The lowest BCUT2D eigenvalue weighted by Gasteiger charge is -2.29. The number of nitrogens with two attached hydrogens (primary N) is 1. The predicted octanol–water partition coefficient (Wildman–Crippen LogP) is 1.84. The second-order valence-corrected chi connectivity index (χ2v) is 5.53. The highest BCUT2D eigenvalue weighted by molar-refractivity contribution is 7.80. The van der Waals surface area contributed by atoms with Crippen LogP contribution in [0.2, 0.25) is 0 Å². The first-order valence-corrected chi connectivity index (χ1v) is 6.73. The van der Waals surface area contributed by atoms with Crippen molar-refractivity contribution in [3.8, 4) is 0 Å². The summed E-state index contributed by atoms with van der Waals surface area (Å²) in [5, 5.41) is 9.56. The Labute approximate surface area is 114 Å². The average Bonchev–Trinajstić information content (AvgIpc) is 2.69. The summed E-state index contributed by atoms with van der Waals surface area (Å²) in [7, 11) is 0. The van der Waals surface area contributed by atoms with Crippen LogP contribution < -0.4 is 10.6 Å². The smallest absolute Gasteiger partial charge is 0.106 e. The number of nitrogens with zero attached hydrogens (tertiary/aromatic N) is 1. The molecule has 98 valence electrons. The van der Waals surface area contributed by atoms with Crippen LogP contribution in [0.1, 0.15) is 24.5 Å². The Bertz CT molecular complexity index is 461. The Kier molecular flexibility index (Phi) is 3.88. The molecule has 0 radical (unpaired) electrons. The van der Waals surface area contributed by atoms with Crippen LogP contribution in [0, 0.1) is 12.8 Å². The third kappa shape index (κ3) is 2.35. The highest BCUT2D eigenvalue weighted by atomic mass is 32.1. The highest BCUT2D eigenvalue weighted by Crippen LogP contribution is 2.32. The van der Waals surface area contributed by atoms with Crippen LogP contribution >= 0.6 is 12.2 Å². The fourth-order valence-electron chi connectivity index (χ4n) is 2.67. The van der Waals surface area contributed by atoms with Gasteiger partial charge in [0, 0.05) is 17.8 Å². The van der Waals surface area contributed by atoms with E-state index in [1.807, 2.05) is 12.1 Å². The van der Waals surface area contributed by atoms with E-state index in [0.717, 1.165) is 24.2 Å². The van der Waals surface area contributed by atoms with Gasteiger partial charge in [-0.05, 0) is 37.0 Å². The maximum atomic E-state index is 9.56. The van der Waals surface area contributed by atoms with E-state index in [1.54, 1.807) is 0 Å². The molecule has 0 bridgehead atoms. The number of aryl methyl sites for hydroxylation is 1. The summed E-state index contributed by atoms with van der Waals surface area (Å²) in [6.07, 6.45) is 1.09. The van der Waals surface area contributed by atoms with Gasteiger partial charge in [-0.3, -0.25) is 0 Å². The number of hydrogen-bond acceptors (Lipinski definition) is 3.